The fraction of sp³-hybridized carbons (Fsp3) is 0.0196. The van der Waals surface area contributed by atoms with E-state index in [1.54, 1.807) is 0 Å². The summed E-state index contributed by atoms with van der Waals surface area (Å²) in [7, 11) is 0. The van der Waals surface area contributed by atoms with E-state index in [4.69, 9.17) is 14.7 Å². The third-order valence-corrected chi connectivity index (χ3v) is 10.3. The SMILES string of the molecule is C1=Cc2nc1c(-c1ccccc1)c1ccc([nH]1)c(-c1ccccc1)c1cc(c(-c3ccccc3)c3ccc([nH]3)c2-c2ccccc2)C(OCc2ccccc2)=N1. The Balaban J connectivity index is 1.37. The maximum atomic E-state index is 6.74. The number of fused-ring (bicyclic) bond motifs is 8. The van der Waals surface area contributed by atoms with Gasteiger partial charge in [0.1, 0.15) is 6.61 Å². The first-order valence-corrected chi connectivity index (χ1v) is 18.9. The third kappa shape index (κ3) is 6.21. The zero-order valence-electron chi connectivity index (χ0n) is 30.5. The summed E-state index contributed by atoms with van der Waals surface area (Å²) in [5.74, 6) is 0.564. The van der Waals surface area contributed by atoms with E-state index in [-0.39, 0.29) is 0 Å². The first kappa shape index (κ1) is 33.1. The van der Waals surface area contributed by atoms with Crippen LogP contribution in [0.25, 0.3) is 78.7 Å². The topological polar surface area (TPSA) is 66.1 Å². The molecular formula is C51H36N4O. The van der Waals surface area contributed by atoms with Gasteiger partial charge in [0, 0.05) is 49.9 Å². The molecule has 0 atom stereocenters. The molecule has 266 valence electrons. The second kappa shape index (κ2) is 14.4. The van der Waals surface area contributed by atoms with Gasteiger partial charge in [0.25, 0.3) is 0 Å². The van der Waals surface area contributed by atoms with E-state index < -0.39 is 0 Å². The summed E-state index contributed by atoms with van der Waals surface area (Å²) >= 11 is 0. The molecule has 5 aromatic carbocycles. The van der Waals surface area contributed by atoms with E-state index in [0.29, 0.717) is 12.5 Å². The molecule has 0 aliphatic carbocycles. The van der Waals surface area contributed by atoms with Crippen LogP contribution in [0.2, 0.25) is 0 Å². The van der Waals surface area contributed by atoms with Crippen molar-refractivity contribution in [2.24, 2.45) is 4.99 Å². The van der Waals surface area contributed by atoms with Gasteiger partial charge in [-0.1, -0.05) is 152 Å². The molecule has 8 aromatic rings. The van der Waals surface area contributed by atoms with Gasteiger partial charge in [-0.05, 0) is 70.3 Å². The summed E-state index contributed by atoms with van der Waals surface area (Å²) in [5.41, 5.74) is 16.6. The summed E-state index contributed by atoms with van der Waals surface area (Å²) in [6, 6.07) is 63.0. The minimum Gasteiger partial charge on any atom is -0.472 e. The Labute approximate surface area is 325 Å². The number of aromatic amines is 2. The Kier molecular flexibility index (Phi) is 8.50. The number of hydrogen-bond acceptors (Lipinski definition) is 3. The molecule has 0 saturated heterocycles. The van der Waals surface area contributed by atoms with Crippen molar-refractivity contribution >= 4 is 45.8 Å². The minimum atomic E-state index is 0.377. The number of aromatic nitrogens is 3. The van der Waals surface area contributed by atoms with Crippen LogP contribution in [0, 0.1) is 0 Å². The van der Waals surface area contributed by atoms with Gasteiger partial charge in [0.05, 0.1) is 17.1 Å². The first-order chi connectivity index (χ1) is 27.8. The van der Waals surface area contributed by atoms with Gasteiger partial charge in [-0.3, -0.25) is 0 Å². The van der Waals surface area contributed by atoms with Gasteiger partial charge in [0.2, 0.25) is 5.90 Å². The summed E-state index contributed by atoms with van der Waals surface area (Å²) < 4.78 is 6.74. The van der Waals surface area contributed by atoms with Crippen molar-refractivity contribution in [2.75, 3.05) is 0 Å². The number of nitrogens with one attached hydrogen (secondary N) is 2. The summed E-state index contributed by atoms with van der Waals surface area (Å²) in [5, 5.41) is 0. The van der Waals surface area contributed by atoms with Gasteiger partial charge in [-0.25, -0.2) is 9.98 Å². The smallest absolute Gasteiger partial charge is 0.222 e. The van der Waals surface area contributed by atoms with Crippen LogP contribution in [0.5, 0.6) is 0 Å². The number of hydrogen-bond donors (Lipinski definition) is 2. The van der Waals surface area contributed by atoms with Crippen molar-refractivity contribution in [1.82, 2.24) is 15.0 Å². The van der Waals surface area contributed by atoms with Crippen molar-refractivity contribution in [3.05, 3.63) is 205 Å². The maximum Gasteiger partial charge on any atom is 0.222 e. The van der Waals surface area contributed by atoms with Crippen LogP contribution in [0.4, 0.5) is 5.69 Å². The molecule has 0 spiro atoms. The minimum absolute atomic E-state index is 0.377. The van der Waals surface area contributed by atoms with E-state index in [1.807, 2.05) is 42.5 Å². The van der Waals surface area contributed by atoms with E-state index in [0.717, 1.165) is 94.8 Å². The number of benzene rings is 5. The van der Waals surface area contributed by atoms with Crippen molar-refractivity contribution < 1.29 is 4.74 Å². The molecule has 5 nitrogen and oxygen atoms in total. The standard InChI is InChI=1S/C51H36N4O/c1-6-16-34(17-7-1)33-56-51-39-32-46(55-51)50(38-24-14-5-15-25-38)45-31-30-44(54-45)49(37-22-12-4-13-23-37)43-29-28-42(53-43)48(36-20-10-3-11-21-36)41-27-26-40(52-41)47(39)35-18-8-2-9-19-35/h1-32,52,54H,33H2. The summed E-state index contributed by atoms with van der Waals surface area (Å²) in [6.07, 6.45) is 4.27. The molecule has 5 heteroatoms. The Morgan fingerprint density at radius 1 is 0.411 bits per heavy atom. The van der Waals surface area contributed by atoms with Gasteiger partial charge in [-0.2, -0.15) is 0 Å². The lowest BCUT2D eigenvalue weighted by molar-refractivity contribution is 0.295. The number of ether oxygens (including phenoxy) is 1. The van der Waals surface area contributed by atoms with Crippen molar-refractivity contribution in [2.45, 2.75) is 6.61 Å². The summed E-state index contributed by atoms with van der Waals surface area (Å²) in [6.45, 7) is 0.377. The number of nitrogens with zero attached hydrogens (tertiary/aromatic N) is 2. The molecule has 2 N–H and O–H groups in total. The van der Waals surface area contributed by atoms with Crippen LogP contribution in [0.3, 0.4) is 0 Å². The zero-order chi connectivity index (χ0) is 37.3. The third-order valence-electron chi connectivity index (χ3n) is 10.3. The van der Waals surface area contributed by atoms with Crippen LogP contribution in [-0.4, -0.2) is 20.8 Å². The monoisotopic (exact) mass is 720 g/mol. The Hall–Kier alpha value is -7.50. The van der Waals surface area contributed by atoms with Crippen LogP contribution >= 0.6 is 0 Å². The van der Waals surface area contributed by atoms with Crippen LogP contribution in [-0.2, 0) is 11.3 Å². The number of H-pyrrole nitrogens is 2. The average Bonchev–Trinajstić information content (AvgIpc) is 4.10. The molecule has 56 heavy (non-hydrogen) atoms. The van der Waals surface area contributed by atoms with E-state index in [2.05, 4.69) is 162 Å². The second-order valence-corrected chi connectivity index (χ2v) is 13.9. The van der Waals surface area contributed by atoms with E-state index in [9.17, 15) is 0 Å². The van der Waals surface area contributed by atoms with Crippen molar-refractivity contribution in [3.63, 3.8) is 0 Å². The van der Waals surface area contributed by atoms with Gasteiger partial charge in [0.15, 0.2) is 0 Å². The normalized spacial score (nSPS) is 12.0. The molecule has 0 radical (unpaired) electrons. The highest BCUT2D eigenvalue weighted by Crippen LogP contribution is 2.42. The molecule has 10 rings (SSSR count). The largest absolute Gasteiger partial charge is 0.472 e. The van der Waals surface area contributed by atoms with Gasteiger partial charge >= 0.3 is 0 Å². The molecule has 0 fully saturated rings. The lowest BCUT2D eigenvalue weighted by Gasteiger charge is -2.11. The van der Waals surface area contributed by atoms with Crippen molar-refractivity contribution in [1.29, 1.82) is 0 Å². The number of rotatable bonds is 6. The molecule has 0 unspecified atom stereocenters. The first-order valence-electron chi connectivity index (χ1n) is 18.9. The van der Waals surface area contributed by atoms with Gasteiger partial charge in [-0.15, -0.1) is 0 Å². The Morgan fingerprint density at radius 2 is 0.804 bits per heavy atom. The molecule has 0 saturated carbocycles. The highest BCUT2D eigenvalue weighted by molar-refractivity contribution is 6.10. The predicted octanol–water partition coefficient (Wildman–Crippen LogP) is 13.1. The highest BCUT2D eigenvalue weighted by Gasteiger charge is 2.23. The molecule has 0 amide bonds. The zero-order valence-corrected chi connectivity index (χ0v) is 30.5. The molecular weight excluding hydrogens is 685 g/mol. The highest BCUT2D eigenvalue weighted by atomic mass is 16.5. The molecule has 5 heterocycles. The summed E-state index contributed by atoms with van der Waals surface area (Å²) in [4.78, 5) is 18.5. The number of aliphatic imine (C=N–C) groups is 1. The van der Waals surface area contributed by atoms with Gasteiger partial charge < -0.3 is 14.7 Å². The average molecular weight is 721 g/mol. The molecule has 8 bridgehead atoms. The lowest BCUT2D eigenvalue weighted by Crippen LogP contribution is -2.05. The van der Waals surface area contributed by atoms with Crippen LogP contribution in [0.1, 0.15) is 22.5 Å². The molecule has 2 aliphatic rings. The van der Waals surface area contributed by atoms with Crippen LogP contribution in [0.15, 0.2) is 187 Å². The van der Waals surface area contributed by atoms with Crippen molar-refractivity contribution in [3.8, 4) is 44.5 Å². The quantitative estimate of drug-likeness (QED) is 0.180. The predicted molar refractivity (Wildman–Crippen MR) is 231 cm³/mol. The van der Waals surface area contributed by atoms with E-state index in [1.165, 1.54) is 0 Å². The van der Waals surface area contributed by atoms with E-state index >= 15 is 0 Å². The Morgan fingerprint density at radius 3 is 1.29 bits per heavy atom. The fourth-order valence-electron chi connectivity index (χ4n) is 7.76. The molecule has 2 aliphatic heterocycles. The fourth-order valence-corrected chi connectivity index (χ4v) is 7.76. The lowest BCUT2D eigenvalue weighted by atomic mass is 10.00. The Bertz CT molecular complexity index is 2930. The molecule has 3 aromatic heterocycles. The van der Waals surface area contributed by atoms with Crippen LogP contribution < -0.4 is 0 Å². The maximum absolute atomic E-state index is 6.74. The second-order valence-electron chi connectivity index (χ2n) is 13.9.